The van der Waals surface area contributed by atoms with E-state index in [0.717, 1.165) is 33.5 Å². The maximum absolute atomic E-state index is 12.6. The fourth-order valence-electron chi connectivity index (χ4n) is 3.93. The van der Waals surface area contributed by atoms with Crippen molar-refractivity contribution in [3.63, 3.8) is 0 Å². The van der Waals surface area contributed by atoms with Gasteiger partial charge in [-0.3, -0.25) is 13.8 Å². The van der Waals surface area contributed by atoms with E-state index < -0.39 is 0 Å². The lowest BCUT2D eigenvalue weighted by molar-refractivity contribution is 0.340. The molecule has 0 aliphatic carbocycles. The summed E-state index contributed by atoms with van der Waals surface area (Å²) in [5.41, 5.74) is 4.36. The van der Waals surface area contributed by atoms with E-state index in [1.165, 1.54) is 11.8 Å². The van der Waals surface area contributed by atoms with Gasteiger partial charge in [0.25, 0.3) is 5.56 Å². The van der Waals surface area contributed by atoms with Crippen molar-refractivity contribution in [2.75, 3.05) is 6.61 Å². The van der Waals surface area contributed by atoms with Crippen molar-refractivity contribution in [3.8, 4) is 11.4 Å². The lowest BCUT2D eigenvalue weighted by Crippen LogP contribution is -2.15. The highest BCUT2D eigenvalue weighted by molar-refractivity contribution is 7.98. The molecule has 0 spiro atoms. The molecular formula is C27H25N5O2S. The molecule has 0 radical (unpaired) electrons. The van der Waals surface area contributed by atoms with E-state index in [-0.39, 0.29) is 5.56 Å². The molecule has 0 bridgehead atoms. The van der Waals surface area contributed by atoms with Crippen LogP contribution >= 0.6 is 11.8 Å². The number of hydrogen-bond acceptors (Lipinski definition) is 6. The minimum atomic E-state index is -0.0907. The van der Waals surface area contributed by atoms with Gasteiger partial charge in [-0.1, -0.05) is 48.2 Å². The van der Waals surface area contributed by atoms with Gasteiger partial charge in [0.1, 0.15) is 17.2 Å². The van der Waals surface area contributed by atoms with E-state index in [9.17, 15) is 4.79 Å². The van der Waals surface area contributed by atoms with Gasteiger partial charge in [0.2, 0.25) is 0 Å². The van der Waals surface area contributed by atoms with Crippen LogP contribution in [-0.4, -0.2) is 30.8 Å². The van der Waals surface area contributed by atoms with E-state index in [2.05, 4.69) is 26.9 Å². The first-order valence-electron chi connectivity index (χ1n) is 11.4. The van der Waals surface area contributed by atoms with Crippen molar-refractivity contribution >= 4 is 17.4 Å². The second kappa shape index (κ2) is 10.1. The average molecular weight is 484 g/mol. The van der Waals surface area contributed by atoms with Crippen LogP contribution in [0.4, 0.5) is 0 Å². The van der Waals surface area contributed by atoms with Crippen LogP contribution in [0.25, 0.3) is 11.3 Å². The summed E-state index contributed by atoms with van der Waals surface area (Å²) in [5, 5.41) is 9.76. The van der Waals surface area contributed by atoms with Crippen molar-refractivity contribution < 1.29 is 4.74 Å². The molecule has 176 valence electrons. The molecule has 0 amide bonds. The van der Waals surface area contributed by atoms with Crippen LogP contribution in [-0.2, 0) is 12.2 Å². The molecule has 0 unspecified atom stereocenters. The molecule has 0 aliphatic heterocycles. The largest absolute Gasteiger partial charge is 0.494 e. The number of aromatic nitrogens is 5. The Kier molecular flexibility index (Phi) is 6.63. The molecule has 0 fully saturated rings. The SMILES string of the molecule is CCOc1ccc(-n2c(Cc3ccccc3)nnc2SCc2cc(=O)n3cccc(C)c3n2)cc1. The summed E-state index contributed by atoms with van der Waals surface area (Å²) in [5.74, 6) is 2.16. The van der Waals surface area contributed by atoms with Crippen LogP contribution in [0.5, 0.6) is 5.75 Å². The maximum atomic E-state index is 12.6. The zero-order chi connectivity index (χ0) is 24.2. The molecule has 35 heavy (non-hydrogen) atoms. The minimum absolute atomic E-state index is 0.0907. The van der Waals surface area contributed by atoms with Crippen LogP contribution in [0, 0.1) is 6.92 Å². The Morgan fingerprint density at radius 2 is 1.77 bits per heavy atom. The molecule has 2 aromatic carbocycles. The van der Waals surface area contributed by atoms with Crippen LogP contribution in [0.15, 0.2) is 88.9 Å². The summed E-state index contributed by atoms with van der Waals surface area (Å²) in [4.78, 5) is 17.3. The number of thioether (sulfide) groups is 1. The second-order valence-electron chi connectivity index (χ2n) is 8.08. The minimum Gasteiger partial charge on any atom is -0.494 e. The zero-order valence-corrected chi connectivity index (χ0v) is 20.4. The van der Waals surface area contributed by atoms with Gasteiger partial charge in [-0.2, -0.15) is 0 Å². The van der Waals surface area contributed by atoms with E-state index in [4.69, 9.17) is 9.72 Å². The topological polar surface area (TPSA) is 74.3 Å². The highest BCUT2D eigenvalue weighted by Crippen LogP contribution is 2.27. The van der Waals surface area contributed by atoms with E-state index in [1.807, 2.05) is 68.4 Å². The summed E-state index contributed by atoms with van der Waals surface area (Å²) < 4.78 is 9.25. The molecule has 7 nitrogen and oxygen atoms in total. The van der Waals surface area contributed by atoms with Gasteiger partial charge in [0.05, 0.1) is 12.3 Å². The lowest BCUT2D eigenvalue weighted by atomic mass is 10.1. The summed E-state index contributed by atoms with van der Waals surface area (Å²) in [7, 11) is 0. The van der Waals surface area contributed by atoms with Crippen molar-refractivity contribution in [3.05, 3.63) is 112 Å². The Bertz CT molecular complexity index is 1510. The Hall–Kier alpha value is -3.91. The summed E-state index contributed by atoms with van der Waals surface area (Å²) in [6.07, 6.45) is 2.39. The van der Waals surface area contributed by atoms with Crippen LogP contribution in [0.3, 0.4) is 0 Å². The van der Waals surface area contributed by atoms with Crippen LogP contribution < -0.4 is 10.3 Å². The maximum Gasteiger partial charge on any atom is 0.258 e. The molecule has 8 heteroatoms. The molecule has 0 atom stereocenters. The molecule has 5 rings (SSSR count). The van der Waals surface area contributed by atoms with Gasteiger partial charge in [-0.25, -0.2) is 4.98 Å². The fourth-order valence-corrected chi connectivity index (χ4v) is 4.79. The summed E-state index contributed by atoms with van der Waals surface area (Å²) in [6, 6.07) is 23.5. The van der Waals surface area contributed by atoms with E-state index in [1.54, 1.807) is 16.7 Å². The lowest BCUT2D eigenvalue weighted by Gasteiger charge is -2.12. The number of hydrogen-bond donors (Lipinski definition) is 0. The highest BCUT2D eigenvalue weighted by Gasteiger charge is 2.16. The molecule has 0 N–H and O–H groups in total. The zero-order valence-electron chi connectivity index (χ0n) is 19.6. The first-order chi connectivity index (χ1) is 17.1. The van der Waals surface area contributed by atoms with E-state index >= 15 is 0 Å². The quantitative estimate of drug-likeness (QED) is 0.293. The predicted octanol–water partition coefficient (Wildman–Crippen LogP) is 4.87. The van der Waals surface area contributed by atoms with Gasteiger partial charge in [0, 0.05) is 30.1 Å². The fraction of sp³-hybridized carbons (Fsp3) is 0.185. The number of rotatable bonds is 8. The van der Waals surface area contributed by atoms with Crippen molar-refractivity contribution in [1.82, 2.24) is 24.1 Å². The van der Waals surface area contributed by atoms with Crippen LogP contribution in [0.2, 0.25) is 0 Å². The monoisotopic (exact) mass is 483 g/mol. The number of ether oxygens (including phenoxy) is 1. The normalized spacial score (nSPS) is 11.1. The molecule has 0 aliphatic rings. The average Bonchev–Trinajstić information content (AvgIpc) is 3.27. The molecule has 5 aromatic rings. The Morgan fingerprint density at radius 1 is 0.971 bits per heavy atom. The number of benzene rings is 2. The first kappa shape index (κ1) is 22.9. The third kappa shape index (κ3) is 4.97. The number of fused-ring (bicyclic) bond motifs is 1. The van der Waals surface area contributed by atoms with Gasteiger partial charge < -0.3 is 4.74 Å². The molecule has 0 saturated carbocycles. The van der Waals surface area contributed by atoms with Gasteiger partial charge in [-0.05, 0) is 55.3 Å². The van der Waals surface area contributed by atoms with Crippen molar-refractivity contribution in [2.24, 2.45) is 0 Å². The van der Waals surface area contributed by atoms with Gasteiger partial charge in [0.15, 0.2) is 5.16 Å². The third-order valence-corrected chi connectivity index (χ3v) is 6.56. The Labute approximate surface area is 207 Å². The third-order valence-electron chi connectivity index (χ3n) is 5.60. The van der Waals surface area contributed by atoms with Crippen LogP contribution in [0.1, 0.15) is 29.6 Å². The number of aryl methyl sites for hydroxylation is 1. The molecule has 0 saturated heterocycles. The Balaban J connectivity index is 1.48. The first-order valence-corrected chi connectivity index (χ1v) is 12.4. The summed E-state index contributed by atoms with van der Waals surface area (Å²) >= 11 is 1.51. The second-order valence-corrected chi connectivity index (χ2v) is 9.03. The Morgan fingerprint density at radius 3 is 2.54 bits per heavy atom. The number of pyridine rings is 1. The van der Waals surface area contributed by atoms with Crippen molar-refractivity contribution in [2.45, 2.75) is 31.2 Å². The standard InChI is InChI=1S/C27H25N5O2S/c1-3-34-23-13-11-22(12-14-23)32-24(16-20-9-5-4-6-10-20)29-30-27(32)35-18-21-17-25(33)31-15-7-8-19(2)26(31)28-21/h4-15,17H,3,16,18H2,1-2H3. The highest BCUT2D eigenvalue weighted by atomic mass is 32.2. The molecular weight excluding hydrogens is 458 g/mol. The van der Waals surface area contributed by atoms with E-state index in [0.29, 0.717) is 30.1 Å². The molecule has 3 aromatic heterocycles. The van der Waals surface area contributed by atoms with Crippen molar-refractivity contribution in [1.29, 1.82) is 0 Å². The molecule has 3 heterocycles. The predicted molar refractivity (Wildman–Crippen MR) is 138 cm³/mol. The van der Waals surface area contributed by atoms with Gasteiger partial charge in [-0.15, -0.1) is 10.2 Å². The summed E-state index contributed by atoms with van der Waals surface area (Å²) in [6.45, 7) is 4.54. The smallest absolute Gasteiger partial charge is 0.258 e. The number of nitrogens with zero attached hydrogens (tertiary/aromatic N) is 5. The van der Waals surface area contributed by atoms with Gasteiger partial charge >= 0.3 is 0 Å².